The number of nitrogens with zero attached hydrogens (tertiary/aromatic N) is 1. The average molecular weight is 689 g/mol. The first-order valence-electron chi connectivity index (χ1n) is 18.1. The molecule has 3 atom stereocenters. The van der Waals surface area contributed by atoms with E-state index < -0.39 is 16.9 Å². The summed E-state index contributed by atoms with van der Waals surface area (Å²) < 4.78 is 5.94. The Kier molecular flexibility index (Phi) is 10.2. The van der Waals surface area contributed by atoms with Crippen LogP contribution in [-0.2, 0) is 28.0 Å². The molecule has 3 heterocycles. The maximum absolute atomic E-state index is 14.3. The fourth-order valence-electron chi connectivity index (χ4n) is 7.70. The Morgan fingerprint density at radius 1 is 1.14 bits per heavy atom. The molecule has 51 heavy (non-hydrogen) atoms. The molecule has 2 fully saturated rings. The number of carbonyl (C=O) groups excluding carboxylic acids is 2. The van der Waals surface area contributed by atoms with Gasteiger partial charge >= 0.3 is 0 Å². The molecule has 268 valence electrons. The van der Waals surface area contributed by atoms with Crippen LogP contribution in [0.4, 0.5) is 0 Å². The van der Waals surface area contributed by atoms with Gasteiger partial charge in [0.05, 0.1) is 7.11 Å². The van der Waals surface area contributed by atoms with E-state index in [0.717, 1.165) is 64.8 Å². The largest absolute Gasteiger partial charge is 0.507 e. The lowest BCUT2D eigenvalue weighted by Crippen LogP contribution is -2.68. The first kappa shape index (κ1) is 36.0. The van der Waals surface area contributed by atoms with E-state index in [0.29, 0.717) is 25.1 Å². The molecule has 2 aliphatic heterocycles. The highest BCUT2D eigenvalue weighted by atomic mass is 16.5. The van der Waals surface area contributed by atoms with E-state index in [-0.39, 0.29) is 29.2 Å². The lowest BCUT2D eigenvalue weighted by molar-refractivity contribution is -0.138. The second-order valence-corrected chi connectivity index (χ2v) is 15.2. The van der Waals surface area contributed by atoms with Crippen molar-refractivity contribution >= 4 is 34.9 Å². The zero-order valence-corrected chi connectivity index (χ0v) is 30.9. The Hall–Kier alpha value is -4.82. The summed E-state index contributed by atoms with van der Waals surface area (Å²) in [5.74, 6) is -0.0311. The lowest BCUT2D eigenvalue weighted by atomic mass is 9.71. The molecule has 2 saturated heterocycles. The number of methoxy groups -OCH3 is 1. The van der Waals surface area contributed by atoms with Crippen LogP contribution >= 0.6 is 0 Å². The Balaban J connectivity index is 1.37. The Bertz CT molecular complexity index is 1970. The molecule has 4 N–H and O–H groups in total. The van der Waals surface area contributed by atoms with Crippen molar-refractivity contribution in [3.05, 3.63) is 107 Å². The highest BCUT2D eigenvalue weighted by molar-refractivity contribution is 6.10. The van der Waals surface area contributed by atoms with Gasteiger partial charge in [0.1, 0.15) is 22.7 Å². The molecule has 6 rings (SSSR count). The summed E-state index contributed by atoms with van der Waals surface area (Å²) in [4.78, 5) is 34.2. The van der Waals surface area contributed by atoms with Gasteiger partial charge in [-0.15, -0.1) is 6.58 Å². The van der Waals surface area contributed by atoms with Crippen molar-refractivity contribution in [2.24, 2.45) is 11.8 Å². The van der Waals surface area contributed by atoms with Crippen LogP contribution in [0.5, 0.6) is 11.5 Å². The van der Waals surface area contributed by atoms with Gasteiger partial charge in [0, 0.05) is 56.7 Å². The molecule has 3 aromatic rings. The number of allylic oxidation sites excluding steroid dienone is 4. The second kappa shape index (κ2) is 14.4. The van der Waals surface area contributed by atoms with Crippen molar-refractivity contribution in [3.63, 3.8) is 0 Å². The molecule has 0 bridgehead atoms. The number of rotatable bonds is 10. The topological polar surface area (TPSA) is 107 Å². The van der Waals surface area contributed by atoms with Crippen LogP contribution in [0.15, 0.2) is 78.6 Å². The number of hydrogen-bond donors (Lipinski definition) is 4. The minimum absolute atomic E-state index is 0.0681. The maximum atomic E-state index is 14.3. The van der Waals surface area contributed by atoms with E-state index in [9.17, 15) is 14.7 Å². The molecule has 1 aliphatic carbocycles. The van der Waals surface area contributed by atoms with Crippen LogP contribution < -0.4 is 15.4 Å². The average Bonchev–Trinajstić information content (AvgIpc) is 3.76. The van der Waals surface area contributed by atoms with Crippen LogP contribution in [-0.4, -0.2) is 52.5 Å². The highest BCUT2D eigenvalue weighted by Crippen LogP contribution is 2.41. The number of para-hydroxylation sites is 1. The molecule has 2 aromatic carbocycles. The number of amides is 2. The summed E-state index contributed by atoms with van der Waals surface area (Å²) in [6, 6.07) is 9.86. The van der Waals surface area contributed by atoms with E-state index in [4.69, 9.17) is 4.74 Å². The number of likely N-dealkylation sites (tertiary alicyclic amines) is 1. The molecule has 2 amide bonds. The number of nitrogens with one attached hydrogen (secondary N) is 3. The number of aromatic nitrogens is 1. The number of hydrogen-bond acceptors (Lipinski definition) is 5. The summed E-state index contributed by atoms with van der Waals surface area (Å²) in [7, 11) is 1.65. The summed E-state index contributed by atoms with van der Waals surface area (Å²) in [6.07, 6.45) is 17.1. The fraction of sp³-hybridized carbons (Fsp3) is 0.395. The van der Waals surface area contributed by atoms with Gasteiger partial charge in [0.15, 0.2) is 0 Å². The zero-order chi connectivity index (χ0) is 36.5. The molecule has 3 aliphatic rings. The first-order valence-corrected chi connectivity index (χ1v) is 18.1. The molecule has 3 unspecified atom stereocenters. The van der Waals surface area contributed by atoms with Crippen LogP contribution in [0, 0.1) is 11.8 Å². The smallest absolute Gasteiger partial charge is 0.268 e. The standard InChI is InChI=1S/C43H52N4O4/c1-8-42(5,6)39-33(31-13-9-10-14-35(31)44-39)24-36-40(49)46-43(41(50)45-36)25-28(4)16-18-30(43)19-20-32-34(26-47-21-11-12-22-47)38(48)29(17-15-27(2)3)23-37(32)51-7/h8-10,13-16,18-20,23-24,28,30,44,48H,1,11-12,17,21-22,25-26H2,2-7H3,(H,45,50)(H,46,49)/b20-19+,36-24+. The first-order chi connectivity index (χ1) is 24.4. The maximum Gasteiger partial charge on any atom is 0.268 e. The third kappa shape index (κ3) is 7.07. The lowest BCUT2D eigenvalue weighted by Gasteiger charge is -2.44. The van der Waals surface area contributed by atoms with Crippen molar-refractivity contribution in [1.29, 1.82) is 0 Å². The number of benzene rings is 2. The molecular formula is C43H52N4O4. The molecule has 1 spiro atoms. The van der Waals surface area contributed by atoms with E-state index in [1.165, 1.54) is 5.57 Å². The van der Waals surface area contributed by atoms with Crippen LogP contribution in [0.2, 0.25) is 0 Å². The number of phenols is 1. The summed E-state index contributed by atoms with van der Waals surface area (Å²) in [5.41, 5.74) is 4.88. The zero-order valence-electron chi connectivity index (χ0n) is 30.9. The third-order valence-electron chi connectivity index (χ3n) is 10.8. The molecule has 0 radical (unpaired) electrons. The van der Waals surface area contributed by atoms with Crippen molar-refractivity contribution in [2.75, 3.05) is 20.2 Å². The molecule has 8 nitrogen and oxygen atoms in total. The Morgan fingerprint density at radius 3 is 2.59 bits per heavy atom. The van der Waals surface area contributed by atoms with Crippen molar-refractivity contribution < 1.29 is 19.4 Å². The number of piperazine rings is 1. The number of phenolic OH excluding ortho intramolecular Hbond substituents is 1. The fourth-order valence-corrected chi connectivity index (χ4v) is 7.70. The van der Waals surface area contributed by atoms with Gasteiger partial charge in [0.2, 0.25) is 0 Å². The van der Waals surface area contributed by atoms with Crippen molar-refractivity contribution in [1.82, 2.24) is 20.5 Å². The minimum Gasteiger partial charge on any atom is -0.507 e. The Morgan fingerprint density at radius 2 is 1.88 bits per heavy atom. The summed E-state index contributed by atoms with van der Waals surface area (Å²) in [5, 5.41) is 18.8. The molecule has 8 heteroatoms. The van der Waals surface area contributed by atoms with Crippen molar-refractivity contribution in [2.45, 2.75) is 77.8 Å². The minimum atomic E-state index is -1.20. The SMILES string of the molecule is C=CC(C)(C)c1[nH]c2ccccc2c1/C=C1/NC(=O)C2(CC(C)C=CC2/C=C/c2c(OC)cc(CC=C(C)C)c(O)c2CN2CCCC2)NC1=O. The van der Waals surface area contributed by atoms with E-state index >= 15 is 0 Å². The van der Waals surface area contributed by atoms with Gasteiger partial charge in [0.25, 0.3) is 11.8 Å². The normalized spacial score (nSPS) is 23.3. The third-order valence-corrected chi connectivity index (χ3v) is 10.8. The van der Waals surface area contributed by atoms with Crippen LogP contribution in [0.3, 0.4) is 0 Å². The van der Waals surface area contributed by atoms with E-state index in [1.54, 1.807) is 13.2 Å². The highest BCUT2D eigenvalue weighted by Gasteiger charge is 2.51. The van der Waals surface area contributed by atoms with Crippen LogP contribution in [0.1, 0.15) is 81.8 Å². The molecule has 1 aromatic heterocycles. The number of aromatic hydroxyl groups is 1. The van der Waals surface area contributed by atoms with Gasteiger partial charge in [-0.05, 0) is 76.7 Å². The van der Waals surface area contributed by atoms with Crippen LogP contribution in [0.25, 0.3) is 23.1 Å². The summed E-state index contributed by atoms with van der Waals surface area (Å²) >= 11 is 0. The summed E-state index contributed by atoms with van der Waals surface area (Å²) in [6.45, 7) is 16.9. The van der Waals surface area contributed by atoms with Gasteiger partial charge in [-0.1, -0.05) is 81.0 Å². The monoisotopic (exact) mass is 688 g/mol. The van der Waals surface area contributed by atoms with E-state index in [1.807, 2.05) is 68.5 Å². The van der Waals surface area contributed by atoms with Gasteiger partial charge in [-0.25, -0.2) is 0 Å². The number of H-pyrrole nitrogens is 1. The number of carbonyl (C=O) groups is 2. The Labute approximate surface area is 302 Å². The van der Waals surface area contributed by atoms with Gasteiger partial charge in [-0.3, -0.25) is 14.5 Å². The number of ether oxygens (including phenoxy) is 1. The molecule has 0 saturated carbocycles. The predicted octanol–water partition coefficient (Wildman–Crippen LogP) is 7.70. The van der Waals surface area contributed by atoms with Gasteiger partial charge in [-0.2, -0.15) is 0 Å². The number of fused-ring (bicyclic) bond motifs is 1. The predicted molar refractivity (Wildman–Crippen MR) is 206 cm³/mol. The van der Waals surface area contributed by atoms with Crippen molar-refractivity contribution in [3.8, 4) is 11.5 Å². The van der Waals surface area contributed by atoms with Gasteiger partial charge < -0.3 is 25.5 Å². The number of aromatic amines is 1. The molecular weight excluding hydrogens is 636 g/mol. The van der Waals surface area contributed by atoms with E-state index in [2.05, 4.69) is 60.0 Å². The quantitative estimate of drug-likeness (QED) is 0.129. The second-order valence-electron chi connectivity index (χ2n) is 15.2.